The molecule has 0 radical (unpaired) electrons. The number of carbonyl (C=O) groups excluding carboxylic acids is 1. The molecule has 0 spiro atoms. The molecule has 2 N–H and O–H groups in total. The number of anilines is 1. The van der Waals surface area contributed by atoms with Crippen LogP contribution in [0.3, 0.4) is 0 Å². The van der Waals surface area contributed by atoms with Crippen molar-refractivity contribution in [2.75, 3.05) is 31.6 Å². The van der Waals surface area contributed by atoms with Gasteiger partial charge in [0, 0.05) is 42.8 Å². The minimum absolute atomic E-state index is 0.0315. The number of nitrogens with zero attached hydrogens (tertiary/aromatic N) is 3. The number of piperidine rings is 1. The average molecular weight is 423 g/mol. The number of nitro groups is 1. The van der Waals surface area contributed by atoms with Crippen LogP contribution in [0.2, 0.25) is 0 Å². The van der Waals surface area contributed by atoms with Crippen LogP contribution in [0.5, 0.6) is 5.75 Å². The number of nitrogens with one attached hydrogen (secondary N) is 2. The number of pyridine rings is 1. The Labute approximate surface area is 179 Å². The van der Waals surface area contributed by atoms with E-state index in [0.29, 0.717) is 18.9 Å². The molecule has 9 nitrogen and oxygen atoms in total. The molecule has 3 heterocycles. The molecule has 2 aromatic heterocycles. The summed E-state index contributed by atoms with van der Waals surface area (Å²) < 4.78 is 5.31. The van der Waals surface area contributed by atoms with Crippen molar-refractivity contribution in [2.45, 2.75) is 19.3 Å². The fraction of sp³-hybridized carbons (Fsp3) is 0.364. The van der Waals surface area contributed by atoms with E-state index >= 15 is 0 Å². The molecule has 9 heteroatoms. The van der Waals surface area contributed by atoms with Crippen LogP contribution >= 0.6 is 0 Å². The van der Waals surface area contributed by atoms with E-state index in [1.54, 1.807) is 13.2 Å². The summed E-state index contributed by atoms with van der Waals surface area (Å²) in [4.78, 5) is 32.5. The lowest BCUT2D eigenvalue weighted by atomic mass is 9.97. The van der Waals surface area contributed by atoms with Crippen molar-refractivity contribution in [3.05, 3.63) is 58.4 Å². The van der Waals surface area contributed by atoms with Crippen molar-refractivity contribution in [3.63, 3.8) is 0 Å². The maximum Gasteiger partial charge on any atom is 0.287 e. The van der Waals surface area contributed by atoms with Gasteiger partial charge in [0.2, 0.25) is 5.91 Å². The smallest absolute Gasteiger partial charge is 0.287 e. The monoisotopic (exact) mass is 423 g/mol. The molecule has 1 amide bonds. The minimum Gasteiger partial charge on any atom is -0.497 e. The molecule has 1 saturated heterocycles. The highest BCUT2D eigenvalue weighted by Crippen LogP contribution is 2.25. The van der Waals surface area contributed by atoms with E-state index in [0.717, 1.165) is 48.0 Å². The van der Waals surface area contributed by atoms with E-state index in [9.17, 15) is 14.9 Å². The maximum atomic E-state index is 12.7. The standard InChI is InChI=1S/C22H25N5O4/c1-31-18-5-6-20-19(11-18)15(12-24-20)8-9-23-22(28)16-3-2-10-26(14-16)21-7-4-17(13-25-21)27(29)30/h4-7,11-13,16,24H,2-3,8-10,14H2,1H3,(H,23,28)/t16-/m1/s1. The molecule has 3 aromatic rings. The van der Waals surface area contributed by atoms with Crippen LogP contribution in [-0.2, 0) is 11.2 Å². The number of benzene rings is 1. The molecule has 1 aliphatic rings. The third-order valence-corrected chi connectivity index (χ3v) is 5.73. The molecule has 0 bridgehead atoms. The van der Waals surface area contributed by atoms with Gasteiger partial charge in [0.15, 0.2) is 0 Å². The molecule has 0 aliphatic carbocycles. The van der Waals surface area contributed by atoms with Gasteiger partial charge in [0.1, 0.15) is 17.8 Å². The molecule has 1 fully saturated rings. The zero-order valence-corrected chi connectivity index (χ0v) is 17.3. The Bertz CT molecular complexity index is 1080. The van der Waals surface area contributed by atoms with Crippen LogP contribution in [0.15, 0.2) is 42.7 Å². The summed E-state index contributed by atoms with van der Waals surface area (Å²) in [5.41, 5.74) is 2.14. The molecule has 1 aliphatic heterocycles. The van der Waals surface area contributed by atoms with Crippen LogP contribution in [0.25, 0.3) is 10.9 Å². The van der Waals surface area contributed by atoms with E-state index in [1.807, 2.05) is 29.3 Å². The molecule has 0 unspecified atom stereocenters. The fourth-order valence-corrected chi connectivity index (χ4v) is 4.03. The molecule has 1 atom stereocenters. The normalized spacial score (nSPS) is 16.3. The molecular weight excluding hydrogens is 398 g/mol. The average Bonchev–Trinajstić information content (AvgIpc) is 3.21. The Balaban J connectivity index is 1.33. The van der Waals surface area contributed by atoms with Crippen molar-refractivity contribution < 1.29 is 14.5 Å². The highest BCUT2D eigenvalue weighted by molar-refractivity contribution is 5.85. The molecule has 0 saturated carbocycles. The number of H-pyrrole nitrogens is 1. The van der Waals surface area contributed by atoms with Gasteiger partial charge in [-0.15, -0.1) is 0 Å². The van der Waals surface area contributed by atoms with Gasteiger partial charge in [-0.3, -0.25) is 14.9 Å². The predicted octanol–water partition coefficient (Wildman–Crippen LogP) is 3.06. The molecule has 31 heavy (non-hydrogen) atoms. The van der Waals surface area contributed by atoms with Gasteiger partial charge in [-0.2, -0.15) is 0 Å². The van der Waals surface area contributed by atoms with Gasteiger partial charge < -0.3 is 19.9 Å². The van der Waals surface area contributed by atoms with Crippen molar-refractivity contribution in [3.8, 4) is 5.75 Å². The largest absolute Gasteiger partial charge is 0.497 e. The van der Waals surface area contributed by atoms with Crippen LogP contribution in [0, 0.1) is 16.0 Å². The SMILES string of the molecule is COc1ccc2[nH]cc(CCNC(=O)[C@@H]3CCCN(c4ccc([N+](=O)[O-])cn4)C3)c2c1. The Hall–Kier alpha value is -3.62. The number of aromatic nitrogens is 2. The van der Waals surface area contributed by atoms with Crippen molar-refractivity contribution in [1.82, 2.24) is 15.3 Å². The number of ether oxygens (including phenoxy) is 1. The van der Waals surface area contributed by atoms with E-state index in [1.165, 1.54) is 12.3 Å². The lowest BCUT2D eigenvalue weighted by Gasteiger charge is -2.32. The molecular formula is C22H25N5O4. The van der Waals surface area contributed by atoms with Crippen LogP contribution in [-0.4, -0.2) is 47.5 Å². The first-order valence-electron chi connectivity index (χ1n) is 10.3. The number of carbonyl (C=O) groups is 1. The molecule has 4 rings (SSSR count). The van der Waals surface area contributed by atoms with Gasteiger partial charge in [-0.05, 0) is 49.1 Å². The van der Waals surface area contributed by atoms with Gasteiger partial charge in [-0.25, -0.2) is 4.98 Å². The van der Waals surface area contributed by atoms with Crippen LogP contribution < -0.4 is 15.0 Å². The van der Waals surface area contributed by atoms with Crippen LogP contribution in [0.1, 0.15) is 18.4 Å². The summed E-state index contributed by atoms with van der Waals surface area (Å²) in [6.07, 6.45) is 5.64. The van der Waals surface area contributed by atoms with Crippen molar-refractivity contribution in [1.29, 1.82) is 0 Å². The van der Waals surface area contributed by atoms with E-state index < -0.39 is 4.92 Å². The Morgan fingerprint density at radius 2 is 2.26 bits per heavy atom. The third kappa shape index (κ3) is 4.60. The van der Waals surface area contributed by atoms with Crippen LogP contribution in [0.4, 0.5) is 11.5 Å². The summed E-state index contributed by atoms with van der Waals surface area (Å²) in [6.45, 7) is 1.89. The Morgan fingerprint density at radius 1 is 1.39 bits per heavy atom. The Morgan fingerprint density at radius 3 is 3.00 bits per heavy atom. The summed E-state index contributed by atoms with van der Waals surface area (Å²) in [5, 5.41) is 15.0. The van der Waals surface area contributed by atoms with Gasteiger partial charge >= 0.3 is 0 Å². The first-order valence-corrected chi connectivity index (χ1v) is 10.3. The van der Waals surface area contributed by atoms with E-state index in [2.05, 4.69) is 15.3 Å². The number of fused-ring (bicyclic) bond motifs is 1. The van der Waals surface area contributed by atoms with Gasteiger partial charge in [-0.1, -0.05) is 0 Å². The lowest BCUT2D eigenvalue weighted by molar-refractivity contribution is -0.385. The second-order valence-corrected chi connectivity index (χ2v) is 7.68. The van der Waals surface area contributed by atoms with Crippen molar-refractivity contribution in [2.24, 2.45) is 5.92 Å². The summed E-state index contributed by atoms with van der Waals surface area (Å²) in [7, 11) is 1.65. The van der Waals surface area contributed by atoms with Gasteiger partial charge in [0.25, 0.3) is 5.69 Å². The highest BCUT2D eigenvalue weighted by atomic mass is 16.6. The molecule has 1 aromatic carbocycles. The van der Waals surface area contributed by atoms with E-state index in [-0.39, 0.29) is 17.5 Å². The first-order chi connectivity index (χ1) is 15.0. The maximum absolute atomic E-state index is 12.7. The zero-order chi connectivity index (χ0) is 21.8. The topological polar surface area (TPSA) is 113 Å². The summed E-state index contributed by atoms with van der Waals surface area (Å²) >= 11 is 0. The third-order valence-electron chi connectivity index (χ3n) is 5.73. The number of methoxy groups -OCH3 is 1. The quantitative estimate of drug-likeness (QED) is 0.446. The fourth-order valence-electron chi connectivity index (χ4n) is 4.03. The lowest BCUT2D eigenvalue weighted by Crippen LogP contribution is -2.43. The second kappa shape index (κ2) is 9.03. The summed E-state index contributed by atoms with van der Waals surface area (Å²) in [5.74, 6) is 1.37. The molecule has 162 valence electrons. The number of amides is 1. The predicted molar refractivity (Wildman–Crippen MR) is 117 cm³/mol. The van der Waals surface area contributed by atoms with Crippen molar-refractivity contribution >= 4 is 28.3 Å². The number of hydrogen-bond donors (Lipinski definition) is 2. The second-order valence-electron chi connectivity index (χ2n) is 7.68. The first kappa shape index (κ1) is 20.6. The van der Waals surface area contributed by atoms with E-state index in [4.69, 9.17) is 4.74 Å². The zero-order valence-electron chi connectivity index (χ0n) is 17.3. The van der Waals surface area contributed by atoms with Gasteiger partial charge in [0.05, 0.1) is 18.0 Å². The number of hydrogen-bond acceptors (Lipinski definition) is 6. The Kier molecular flexibility index (Phi) is 6.01. The highest BCUT2D eigenvalue weighted by Gasteiger charge is 2.26. The number of aromatic amines is 1. The number of rotatable bonds is 7. The minimum atomic E-state index is -0.465. The summed E-state index contributed by atoms with van der Waals surface area (Å²) in [6, 6.07) is 8.99.